The first-order valence-electron chi connectivity index (χ1n) is 6.38. The Morgan fingerprint density at radius 3 is 2.53 bits per heavy atom. The summed E-state index contributed by atoms with van der Waals surface area (Å²) in [5, 5.41) is 0. The van der Waals surface area contributed by atoms with Crippen molar-refractivity contribution < 1.29 is 0 Å². The summed E-state index contributed by atoms with van der Waals surface area (Å²) in [4.78, 5) is 4.60. The number of fused-ring (bicyclic) bond motifs is 1. The van der Waals surface area contributed by atoms with Crippen LogP contribution in [0, 0.1) is 20.8 Å². The number of aromatic nitrogens is 2. The number of anilines is 1. The highest BCUT2D eigenvalue weighted by Gasteiger charge is 2.11. The zero-order valence-electron chi connectivity index (χ0n) is 11.4. The first-order valence-corrected chi connectivity index (χ1v) is 6.38. The molecule has 0 aliphatic heterocycles. The normalized spacial score (nSPS) is 11.1. The van der Waals surface area contributed by atoms with E-state index in [1.807, 2.05) is 25.1 Å². The van der Waals surface area contributed by atoms with Gasteiger partial charge in [-0.1, -0.05) is 17.7 Å². The Morgan fingerprint density at radius 2 is 1.79 bits per heavy atom. The molecule has 0 unspecified atom stereocenters. The van der Waals surface area contributed by atoms with Crippen molar-refractivity contribution in [3.63, 3.8) is 0 Å². The van der Waals surface area contributed by atoms with E-state index < -0.39 is 0 Å². The molecule has 1 aromatic heterocycles. The third kappa shape index (κ3) is 1.87. The molecule has 0 aliphatic rings. The predicted molar refractivity (Wildman–Crippen MR) is 79.7 cm³/mol. The van der Waals surface area contributed by atoms with Crippen LogP contribution in [0.2, 0.25) is 0 Å². The van der Waals surface area contributed by atoms with Crippen LogP contribution in [-0.2, 0) is 0 Å². The standard InChI is InChI=1S/C16H17N3/c1-10-4-6-15(11(2)8-10)19-12(3)18-14-9-13(17)5-7-16(14)19/h4-9H,17H2,1-3H3. The number of nitrogen functional groups attached to an aromatic ring is 1. The lowest BCUT2D eigenvalue weighted by atomic mass is 10.1. The summed E-state index contributed by atoms with van der Waals surface area (Å²) in [6, 6.07) is 12.3. The molecule has 2 aromatic carbocycles. The van der Waals surface area contributed by atoms with Gasteiger partial charge in [-0.25, -0.2) is 4.98 Å². The Kier molecular flexibility index (Phi) is 2.56. The maximum atomic E-state index is 5.82. The summed E-state index contributed by atoms with van der Waals surface area (Å²) >= 11 is 0. The van der Waals surface area contributed by atoms with Crippen LogP contribution in [0.25, 0.3) is 16.7 Å². The van der Waals surface area contributed by atoms with Crippen molar-refractivity contribution in [2.45, 2.75) is 20.8 Å². The number of nitrogens with two attached hydrogens (primary N) is 1. The molecule has 0 saturated carbocycles. The Hall–Kier alpha value is -2.29. The smallest absolute Gasteiger partial charge is 0.111 e. The minimum absolute atomic E-state index is 0.748. The zero-order valence-corrected chi connectivity index (χ0v) is 11.4. The van der Waals surface area contributed by atoms with E-state index in [1.165, 1.54) is 16.8 Å². The van der Waals surface area contributed by atoms with Crippen LogP contribution >= 0.6 is 0 Å². The second-order valence-corrected chi connectivity index (χ2v) is 5.03. The van der Waals surface area contributed by atoms with Crippen LogP contribution in [0.3, 0.4) is 0 Å². The number of rotatable bonds is 1. The molecule has 0 atom stereocenters. The maximum Gasteiger partial charge on any atom is 0.111 e. The van der Waals surface area contributed by atoms with Gasteiger partial charge in [0.05, 0.1) is 16.7 Å². The summed E-state index contributed by atoms with van der Waals surface area (Å²) in [5.74, 6) is 0.979. The van der Waals surface area contributed by atoms with E-state index in [0.717, 1.165) is 22.5 Å². The summed E-state index contributed by atoms with van der Waals surface area (Å²) in [7, 11) is 0. The highest BCUT2D eigenvalue weighted by atomic mass is 15.1. The second-order valence-electron chi connectivity index (χ2n) is 5.03. The number of imidazole rings is 1. The van der Waals surface area contributed by atoms with Crippen LogP contribution in [-0.4, -0.2) is 9.55 Å². The fourth-order valence-corrected chi connectivity index (χ4v) is 2.58. The molecule has 96 valence electrons. The van der Waals surface area contributed by atoms with Gasteiger partial charge in [-0.15, -0.1) is 0 Å². The molecule has 0 saturated heterocycles. The van der Waals surface area contributed by atoms with Gasteiger partial charge in [-0.2, -0.15) is 0 Å². The van der Waals surface area contributed by atoms with Gasteiger partial charge in [0.1, 0.15) is 5.82 Å². The minimum Gasteiger partial charge on any atom is -0.399 e. The average molecular weight is 251 g/mol. The van der Waals surface area contributed by atoms with Gasteiger partial charge in [0, 0.05) is 5.69 Å². The lowest BCUT2D eigenvalue weighted by Gasteiger charge is -2.11. The number of hydrogen-bond acceptors (Lipinski definition) is 2. The van der Waals surface area contributed by atoms with Crippen molar-refractivity contribution in [1.29, 1.82) is 0 Å². The van der Waals surface area contributed by atoms with Crippen LogP contribution in [0.4, 0.5) is 5.69 Å². The SMILES string of the molecule is Cc1ccc(-n2c(C)nc3cc(N)ccc32)c(C)c1. The molecule has 0 radical (unpaired) electrons. The van der Waals surface area contributed by atoms with Gasteiger partial charge in [0.15, 0.2) is 0 Å². The molecule has 0 bridgehead atoms. The lowest BCUT2D eigenvalue weighted by molar-refractivity contribution is 0.988. The van der Waals surface area contributed by atoms with E-state index in [9.17, 15) is 0 Å². The fraction of sp³-hybridized carbons (Fsp3) is 0.188. The quantitative estimate of drug-likeness (QED) is 0.672. The van der Waals surface area contributed by atoms with Crippen molar-refractivity contribution in [2.24, 2.45) is 0 Å². The van der Waals surface area contributed by atoms with Crippen molar-refractivity contribution in [1.82, 2.24) is 9.55 Å². The topological polar surface area (TPSA) is 43.8 Å². The monoisotopic (exact) mass is 251 g/mol. The molecule has 19 heavy (non-hydrogen) atoms. The first kappa shape index (κ1) is 11.8. The summed E-state index contributed by atoms with van der Waals surface area (Å²) in [6.45, 7) is 6.26. The zero-order chi connectivity index (χ0) is 13.6. The fourth-order valence-electron chi connectivity index (χ4n) is 2.58. The predicted octanol–water partition coefficient (Wildman–Crippen LogP) is 3.53. The lowest BCUT2D eigenvalue weighted by Crippen LogP contribution is -1.99. The molecule has 0 spiro atoms. The third-order valence-corrected chi connectivity index (χ3v) is 3.44. The van der Waals surface area contributed by atoms with Gasteiger partial charge in [-0.3, -0.25) is 4.57 Å². The van der Waals surface area contributed by atoms with E-state index >= 15 is 0 Å². The molecule has 3 nitrogen and oxygen atoms in total. The third-order valence-electron chi connectivity index (χ3n) is 3.44. The van der Waals surface area contributed by atoms with Crippen molar-refractivity contribution in [3.8, 4) is 5.69 Å². The number of aryl methyl sites for hydroxylation is 3. The Balaban J connectivity index is 2.33. The highest BCUT2D eigenvalue weighted by molar-refractivity contribution is 5.81. The Bertz CT molecular complexity index is 769. The van der Waals surface area contributed by atoms with E-state index in [4.69, 9.17) is 5.73 Å². The van der Waals surface area contributed by atoms with Gasteiger partial charge < -0.3 is 5.73 Å². The molecule has 1 heterocycles. The molecule has 0 fully saturated rings. The van der Waals surface area contributed by atoms with Crippen LogP contribution in [0.5, 0.6) is 0 Å². The highest BCUT2D eigenvalue weighted by Crippen LogP contribution is 2.25. The Labute approximate surface area is 112 Å². The van der Waals surface area contributed by atoms with E-state index in [2.05, 4.69) is 41.6 Å². The van der Waals surface area contributed by atoms with Crippen LogP contribution in [0.15, 0.2) is 36.4 Å². The molecule has 0 aliphatic carbocycles. The molecule has 3 rings (SSSR count). The van der Waals surface area contributed by atoms with Gasteiger partial charge >= 0.3 is 0 Å². The maximum absolute atomic E-state index is 5.82. The molecule has 3 heteroatoms. The average Bonchev–Trinajstić information content (AvgIpc) is 2.65. The minimum atomic E-state index is 0.748. The Morgan fingerprint density at radius 1 is 1.00 bits per heavy atom. The van der Waals surface area contributed by atoms with Gasteiger partial charge in [-0.05, 0) is 50.6 Å². The van der Waals surface area contributed by atoms with E-state index in [1.54, 1.807) is 0 Å². The van der Waals surface area contributed by atoms with Crippen molar-refractivity contribution >= 4 is 16.7 Å². The number of nitrogens with zero attached hydrogens (tertiary/aromatic N) is 2. The van der Waals surface area contributed by atoms with E-state index in [0.29, 0.717) is 0 Å². The van der Waals surface area contributed by atoms with Crippen molar-refractivity contribution in [2.75, 3.05) is 5.73 Å². The van der Waals surface area contributed by atoms with Gasteiger partial charge in [0.2, 0.25) is 0 Å². The first-order chi connectivity index (χ1) is 9.06. The van der Waals surface area contributed by atoms with Crippen LogP contribution in [0.1, 0.15) is 17.0 Å². The number of hydrogen-bond donors (Lipinski definition) is 1. The van der Waals surface area contributed by atoms with Gasteiger partial charge in [0.25, 0.3) is 0 Å². The molecule has 2 N–H and O–H groups in total. The molecular formula is C16H17N3. The van der Waals surface area contributed by atoms with E-state index in [-0.39, 0.29) is 0 Å². The van der Waals surface area contributed by atoms with Crippen LogP contribution < -0.4 is 5.73 Å². The molecule has 3 aromatic rings. The molecular weight excluding hydrogens is 234 g/mol. The largest absolute Gasteiger partial charge is 0.399 e. The summed E-state index contributed by atoms with van der Waals surface area (Å²) in [6.07, 6.45) is 0. The van der Waals surface area contributed by atoms with Crippen molar-refractivity contribution in [3.05, 3.63) is 53.3 Å². The number of benzene rings is 2. The summed E-state index contributed by atoms with van der Waals surface area (Å²) < 4.78 is 2.18. The molecule has 0 amide bonds. The summed E-state index contributed by atoms with van der Waals surface area (Å²) in [5.41, 5.74) is 12.3. The second kappa shape index (κ2) is 4.12.